The van der Waals surface area contributed by atoms with Gasteiger partial charge in [0, 0.05) is 44.5 Å². The van der Waals surface area contributed by atoms with Crippen LogP contribution < -0.4 is 15.1 Å². The van der Waals surface area contributed by atoms with E-state index in [-0.39, 0.29) is 30.4 Å². The molecule has 1 aromatic heterocycles. The van der Waals surface area contributed by atoms with Crippen LogP contribution in [0.1, 0.15) is 5.69 Å². The van der Waals surface area contributed by atoms with Gasteiger partial charge in [-0.15, -0.1) is 5.10 Å². The highest BCUT2D eigenvalue weighted by Crippen LogP contribution is 2.31. The number of carbonyl (C=O) groups excluding carboxylic acids is 2. The maximum Gasteiger partial charge on any atom is 0.414 e. The number of halogens is 2. The highest BCUT2D eigenvalue weighted by molar-refractivity contribution is 5.90. The van der Waals surface area contributed by atoms with Crippen molar-refractivity contribution in [3.05, 3.63) is 35.7 Å². The van der Waals surface area contributed by atoms with Crippen molar-refractivity contribution in [2.75, 3.05) is 56.1 Å². The monoisotopic (exact) mass is 449 g/mol. The number of hydrogen-bond donors (Lipinski definition) is 1. The molecule has 0 bridgehead atoms. The third kappa shape index (κ3) is 4.49. The predicted molar refractivity (Wildman–Crippen MR) is 111 cm³/mol. The van der Waals surface area contributed by atoms with E-state index in [1.807, 2.05) is 0 Å². The molecule has 12 heteroatoms. The van der Waals surface area contributed by atoms with Crippen LogP contribution in [0, 0.1) is 18.6 Å². The summed E-state index contributed by atoms with van der Waals surface area (Å²) < 4.78 is 36.7. The molecule has 2 amide bonds. The molecule has 2 aliphatic rings. The van der Waals surface area contributed by atoms with Crippen molar-refractivity contribution in [2.24, 2.45) is 0 Å². The van der Waals surface area contributed by atoms with Gasteiger partial charge >= 0.3 is 6.09 Å². The van der Waals surface area contributed by atoms with Gasteiger partial charge < -0.3 is 19.9 Å². The Hall–Kier alpha value is -3.28. The number of likely N-dealkylation sites (N-methyl/N-ethyl adjacent to an activating group) is 1. The molecule has 4 rings (SSSR count). The van der Waals surface area contributed by atoms with E-state index in [1.54, 1.807) is 34.6 Å². The number of rotatable bonds is 6. The maximum atomic E-state index is 14.9. The summed E-state index contributed by atoms with van der Waals surface area (Å²) in [5.74, 6) is -1.58. The van der Waals surface area contributed by atoms with Crippen LogP contribution in [0.15, 0.2) is 18.3 Å². The lowest BCUT2D eigenvalue weighted by Gasteiger charge is -2.36. The van der Waals surface area contributed by atoms with Crippen molar-refractivity contribution in [2.45, 2.75) is 19.6 Å². The van der Waals surface area contributed by atoms with Gasteiger partial charge in [0.15, 0.2) is 11.6 Å². The normalized spacial score (nSPS) is 18.9. The fourth-order valence-electron chi connectivity index (χ4n) is 3.97. The minimum absolute atomic E-state index is 0.0494. The highest BCUT2D eigenvalue weighted by atomic mass is 19.1. The number of hydrogen-bond acceptors (Lipinski definition) is 7. The second-order valence-electron chi connectivity index (χ2n) is 7.85. The number of aryl methyl sites for hydroxylation is 1. The van der Waals surface area contributed by atoms with Crippen molar-refractivity contribution >= 4 is 23.4 Å². The molecule has 0 radical (unpaired) electrons. The first-order valence-corrected chi connectivity index (χ1v) is 10.4. The Labute approximate surface area is 183 Å². The molecule has 2 saturated heterocycles. The number of carbonyl (C=O) groups is 2. The third-order valence-corrected chi connectivity index (χ3v) is 5.51. The van der Waals surface area contributed by atoms with Crippen molar-refractivity contribution in [3.8, 4) is 0 Å². The number of benzene rings is 1. The van der Waals surface area contributed by atoms with E-state index in [9.17, 15) is 18.4 Å². The predicted octanol–water partition coefficient (Wildman–Crippen LogP) is 0.758. The van der Waals surface area contributed by atoms with Gasteiger partial charge in [-0.3, -0.25) is 9.69 Å². The van der Waals surface area contributed by atoms with Gasteiger partial charge in [0.2, 0.25) is 5.91 Å². The summed E-state index contributed by atoms with van der Waals surface area (Å²) in [5, 5.41) is 10.6. The molecule has 3 heterocycles. The van der Waals surface area contributed by atoms with E-state index in [2.05, 4.69) is 15.6 Å². The van der Waals surface area contributed by atoms with E-state index in [4.69, 9.17) is 4.74 Å². The molecule has 2 aromatic rings. The van der Waals surface area contributed by atoms with Crippen LogP contribution in [-0.4, -0.2) is 84.3 Å². The zero-order valence-corrected chi connectivity index (χ0v) is 17.9. The van der Waals surface area contributed by atoms with Gasteiger partial charge in [-0.05, 0) is 14.0 Å². The van der Waals surface area contributed by atoms with E-state index < -0.39 is 23.8 Å². The molecule has 32 heavy (non-hydrogen) atoms. The molecule has 0 aliphatic carbocycles. The van der Waals surface area contributed by atoms with E-state index in [0.717, 1.165) is 17.8 Å². The van der Waals surface area contributed by atoms with Crippen LogP contribution in [0.2, 0.25) is 0 Å². The Balaban J connectivity index is 1.44. The molecule has 0 spiro atoms. The molecular formula is C20H25F2N7O3. The lowest BCUT2D eigenvalue weighted by molar-refractivity contribution is -0.130. The Morgan fingerprint density at radius 2 is 1.91 bits per heavy atom. The molecule has 10 nitrogen and oxygen atoms in total. The lowest BCUT2D eigenvalue weighted by atomic mass is 10.2. The molecule has 1 atom stereocenters. The standard InChI is InChI=1S/C20H25F2N7O3/c1-13-10-28(25-24-13)11-15-12-29(20(31)32-15)14-7-16(21)19(17(22)8-14)27-5-3-26(4-6-27)18(30)9-23-2/h7-8,10,15,23H,3-6,9,11-12H2,1-2H3. The molecule has 172 valence electrons. The minimum atomic E-state index is -0.766. The summed E-state index contributed by atoms with van der Waals surface area (Å²) in [4.78, 5) is 28.7. The molecule has 2 aliphatic heterocycles. The van der Waals surface area contributed by atoms with Gasteiger partial charge in [0.05, 0.1) is 31.0 Å². The maximum absolute atomic E-state index is 14.9. The second kappa shape index (κ2) is 9.07. The fraction of sp³-hybridized carbons (Fsp3) is 0.500. The second-order valence-corrected chi connectivity index (χ2v) is 7.85. The molecule has 0 saturated carbocycles. The number of anilines is 2. The summed E-state index contributed by atoms with van der Waals surface area (Å²) in [5.41, 5.74) is 0.670. The molecule has 1 N–H and O–H groups in total. The first-order chi connectivity index (χ1) is 15.4. The van der Waals surface area contributed by atoms with E-state index in [1.165, 1.54) is 4.90 Å². The van der Waals surface area contributed by atoms with Gasteiger partial charge in [-0.1, -0.05) is 5.21 Å². The van der Waals surface area contributed by atoms with Crippen molar-refractivity contribution in [3.63, 3.8) is 0 Å². The molecule has 1 unspecified atom stereocenters. The zero-order chi connectivity index (χ0) is 22.8. The van der Waals surface area contributed by atoms with Gasteiger partial charge in [0.1, 0.15) is 11.8 Å². The van der Waals surface area contributed by atoms with Crippen LogP contribution in [0.5, 0.6) is 0 Å². The lowest BCUT2D eigenvalue weighted by Crippen LogP contribution is -2.51. The van der Waals surface area contributed by atoms with Crippen LogP contribution >= 0.6 is 0 Å². The number of cyclic esters (lactones) is 1. The van der Waals surface area contributed by atoms with Crippen molar-refractivity contribution in [1.29, 1.82) is 0 Å². The highest BCUT2D eigenvalue weighted by Gasteiger charge is 2.34. The SMILES string of the molecule is CNCC(=O)N1CCN(c2c(F)cc(N3CC(Cn4cc(C)nn4)OC3=O)cc2F)CC1. The van der Waals surface area contributed by atoms with Crippen LogP contribution in [-0.2, 0) is 16.1 Å². The van der Waals surface area contributed by atoms with Crippen LogP contribution in [0.25, 0.3) is 0 Å². The van der Waals surface area contributed by atoms with Crippen LogP contribution in [0.3, 0.4) is 0 Å². The zero-order valence-electron chi connectivity index (χ0n) is 17.9. The summed E-state index contributed by atoms with van der Waals surface area (Å²) in [6.07, 6.45) is 0.532. The van der Waals surface area contributed by atoms with E-state index in [0.29, 0.717) is 32.7 Å². The van der Waals surface area contributed by atoms with Crippen LogP contribution in [0.4, 0.5) is 25.0 Å². The topological polar surface area (TPSA) is 95.8 Å². The first-order valence-electron chi connectivity index (χ1n) is 10.4. The number of aromatic nitrogens is 3. The average Bonchev–Trinajstić information content (AvgIpc) is 3.33. The van der Waals surface area contributed by atoms with Gasteiger partial charge in [-0.25, -0.2) is 18.3 Å². The number of piperazine rings is 1. The Kier molecular flexibility index (Phi) is 6.21. The average molecular weight is 449 g/mol. The number of amides is 2. The number of ether oxygens (including phenoxy) is 1. The van der Waals surface area contributed by atoms with Gasteiger partial charge in [0.25, 0.3) is 0 Å². The quantitative estimate of drug-likeness (QED) is 0.696. The Bertz CT molecular complexity index is 984. The smallest absolute Gasteiger partial charge is 0.414 e. The first kappa shape index (κ1) is 21.9. The molecular weight excluding hydrogens is 424 g/mol. The van der Waals surface area contributed by atoms with Crippen molar-refractivity contribution in [1.82, 2.24) is 25.2 Å². The van der Waals surface area contributed by atoms with Crippen molar-refractivity contribution < 1.29 is 23.1 Å². The number of nitrogens with one attached hydrogen (secondary N) is 1. The fourth-order valence-corrected chi connectivity index (χ4v) is 3.97. The summed E-state index contributed by atoms with van der Waals surface area (Å²) in [6.45, 7) is 3.84. The summed E-state index contributed by atoms with van der Waals surface area (Å²) in [7, 11) is 1.69. The third-order valence-electron chi connectivity index (χ3n) is 5.51. The summed E-state index contributed by atoms with van der Waals surface area (Å²) >= 11 is 0. The molecule has 2 fully saturated rings. The Morgan fingerprint density at radius 1 is 1.22 bits per heavy atom. The number of nitrogens with zero attached hydrogens (tertiary/aromatic N) is 6. The summed E-state index contributed by atoms with van der Waals surface area (Å²) in [6, 6.07) is 2.28. The van der Waals surface area contributed by atoms with E-state index >= 15 is 0 Å². The largest absolute Gasteiger partial charge is 0.442 e. The Morgan fingerprint density at radius 3 is 2.50 bits per heavy atom. The molecule has 1 aromatic carbocycles. The minimum Gasteiger partial charge on any atom is -0.442 e. The van der Waals surface area contributed by atoms with Gasteiger partial charge in [-0.2, -0.15) is 0 Å².